The van der Waals surface area contributed by atoms with E-state index in [-0.39, 0.29) is 28.3 Å². The third-order valence-electron chi connectivity index (χ3n) is 4.23. The standard InChI is InChI=1S/C19H18N4O4S/c1-3-23-17(25)15(28-18(23)12(8-20)19(26)27-4-2)10-21-14-7-5-6-11-13(14)9-22-16(11)24/h5-7,10,21H,3-4,9H2,1-2H3,(H,22,24)/b15-10-,18-12-. The largest absolute Gasteiger partial charge is 0.462 e. The number of rotatable bonds is 5. The lowest BCUT2D eigenvalue weighted by Crippen LogP contribution is -2.32. The van der Waals surface area contributed by atoms with Crippen molar-refractivity contribution in [1.29, 1.82) is 5.26 Å². The summed E-state index contributed by atoms with van der Waals surface area (Å²) in [5.41, 5.74) is 1.63. The number of aromatic nitrogens is 1. The lowest BCUT2D eigenvalue weighted by Gasteiger charge is -2.05. The van der Waals surface area contributed by atoms with E-state index in [1.54, 1.807) is 26.0 Å². The number of anilines is 1. The van der Waals surface area contributed by atoms with E-state index in [1.165, 1.54) is 10.8 Å². The van der Waals surface area contributed by atoms with Crippen molar-refractivity contribution in [3.05, 3.63) is 48.9 Å². The first-order chi connectivity index (χ1) is 13.5. The van der Waals surface area contributed by atoms with Gasteiger partial charge in [0.05, 0.1) is 6.61 Å². The molecule has 0 unspecified atom stereocenters. The zero-order valence-corrected chi connectivity index (χ0v) is 16.2. The first-order valence-corrected chi connectivity index (χ1v) is 9.51. The van der Waals surface area contributed by atoms with Crippen molar-refractivity contribution in [2.24, 2.45) is 0 Å². The van der Waals surface area contributed by atoms with E-state index in [0.29, 0.717) is 28.9 Å². The van der Waals surface area contributed by atoms with E-state index in [2.05, 4.69) is 10.6 Å². The van der Waals surface area contributed by atoms with Crippen molar-refractivity contribution in [3.8, 4) is 6.07 Å². The summed E-state index contributed by atoms with van der Waals surface area (Å²) < 4.78 is 6.88. The number of nitriles is 1. The third-order valence-corrected chi connectivity index (χ3v) is 5.36. The number of carbonyl (C=O) groups excluding carboxylic acids is 2. The molecule has 1 aromatic carbocycles. The first-order valence-electron chi connectivity index (χ1n) is 8.69. The van der Waals surface area contributed by atoms with Crippen molar-refractivity contribution in [2.45, 2.75) is 26.9 Å². The lowest BCUT2D eigenvalue weighted by atomic mass is 10.1. The fourth-order valence-electron chi connectivity index (χ4n) is 2.91. The van der Waals surface area contributed by atoms with Gasteiger partial charge in [0.1, 0.15) is 15.3 Å². The average molecular weight is 398 g/mol. The molecule has 0 bridgehead atoms. The molecule has 3 rings (SSSR count). The fraction of sp³-hybridized carbons (Fsp3) is 0.263. The molecule has 0 fully saturated rings. The van der Waals surface area contributed by atoms with Gasteiger partial charge in [0.25, 0.3) is 11.5 Å². The predicted molar refractivity (Wildman–Crippen MR) is 105 cm³/mol. The van der Waals surface area contributed by atoms with Crippen molar-refractivity contribution in [3.63, 3.8) is 0 Å². The molecule has 144 valence electrons. The van der Waals surface area contributed by atoms with E-state index in [0.717, 1.165) is 16.9 Å². The summed E-state index contributed by atoms with van der Waals surface area (Å²) in [5.74, 6) is -0.883. The van der Waals surface area contributed by atoms with Crippen molar-refractivity contribution < 1.29 is 14.3 Å². The molecule has 1 aromatic heterocycles. The van der Waals surface area contributed by atoms with Crippen LogP contribution in [0.4, 0.5) is 5.69 Å². The highest BCUT2D eigenvalue weighted by Gasteiger charge is 2.21. The summed E-state index contributed by atoms with van der Waals surface area (Å²) in [6.45, 7) is 4.27. The van der Waals surface area contributed by atoms with Gasteiger partial charge in [-0.15, -0.1) is 11.3 Å². The Balaban J connectivity index is 2.09. The van der Waals surface area contributed by atoms with E-state index in [4.69, 9.17) is 4.74 Å². The minimum Gasteiger partial charge on any atom is -0.462 e. The summed E-state index contributed by atoms with van der Waals surface area (Å²) >= 11 is 1.04. The Kier molecular flexibility index (Phi) is 5.61. The van der Waals surface area contributed by atoms with Gasteiger partial charge >= 0.3 is 5.97 Å². The molecular formula is C19H18N4O4S. The molecule has 28 heavy (non-hydrogen) atoms. The number of esters is 1. The number of hydrogen-bond acceptors (Lipinski definition) is 7. The van der Waals surface area contributed by atoms with E-state index >= 15 is 0 Å². The number of carbonyl (C=O) groups is 2. The quantitative estimate of drug-likeness (QED) is 0.699. The van der Waals surface area contributed by atoms with Crippen molar-refractivity contribution >= 4 is 40.7 Å². The van der Waals surface area contributed by atoms with E-state index in [1.807, 2.05) is 12.1 Å². The maximum Gasteiger partial charge on any atom is 0.351 e. The Bertz CT molecular complexity index is 1170. The Morgan fingerprint density at radius 1 is 1.43 bits per heavy atom. The normalized spacial score (nSPS) is 14.2. The second kappa shape index (κ2) is 8.10. The van der Waals surface area contributed by atoms with Crippen LogP contribution in [-0.4, -0.2) is 23.1 Å². The number of ether oxygens (including phenoxy) is 1. The maximum absolute atomic E-state index is 12.7. The van der Waals surface area contributed by atoms with Crippen LogP contribution in [0.15, 0.2) is 23.0 Å². The van der Waals surface area contributed by atoms with Gasteiger partial charge in [0.15, 0.2) is 5.57 Å². The summed E-state index contributed by atoms with van der Waals surface area (Å²) in [5, 5.41) is 15.2. The van der Waals surface area contributed by atoms with Gasteiger partial charge in [-0.1, -0.05) is 6.07 Å². The summed E-state index contributed by atoms with van der Waals surface area (Å²) in [4.78, 5) is 36.5. The monoisotopic (exact) mass is 398 g/mol. The van der Waals surface area contributed by atoms with Crippen LogP contribution in [0.2, 0.25) is 0 Å². The number of fused-ring (bicyclic) bond motifs is 1. The van der Waals surface area contributed by atoms with Crippen molar-refractivity contribution in [2.75, 3.05) is 11.9 Å². The predicted octanol–water partition coefficient (Wildman–Crippen LogP) is 0.261. The van der Waals surface area contributed by atoms with Crippen LogP contribution < -0.4 is 25.4 Å². The van der Waals surface area contributed by atoms with Crippen LogP contribution in [0.3, 0.4) is 0 Å². The van der Waals surface area contributed by atoms with Gasteiger partial charge in [-0.25, -0.2) is 4.79 Å². The van der Waals surface area contributed by atoms with Crippen molar-refractivity contribution in [1.82, 2.24) is 9.88 Å². The van der Waals surface area contributed by atoms with Gasteiger partial charge in [0, 0.05) is 36.1 Å². The van der Waals surface area contributed by atoms with Gasteiger partial charge in [-0.2, -0.15) is 5.26 Å². The second-order valence-electron chi connectivity index (χ2n) is 5.83. The second-order valence-corrected chi connectivity index (χ2v) is 6.86. The Morgan fingerprint density at radius 2 is 2.21 bits per heavy atom. The molecule has 1 aliphatic rings. The Morgan fingerprint density at radius 3 is 2.89 bits per heavy atom. The highest BCUT2D eigenvalue weighted by molar-refractivity contribution is 7.07. The molecular weight excluding hydrogens is 380 g/mol. The molecule has 2 N–H and O–H groups in total. The molecule has 1 aliphatic heterocycles. The molecule has 0 radical (unpaired) electrons. The molecule has 0 aliphatic carbocycles. The first kappa shape index (κ1) is 19.4. The number of nitrogens with one attached hydrogen (secondary N) is 2. The molecule has 1 amide bonds. The fourth-order valence-corrected chi connectivity index (χ4v) is 3.99. The van der Waals surface area contributed by atoms with Crippen LogP contribution in [0, 0.1) is 11.3 Å². The molecule has 2 heterocycles. The molecule has 0 atom stereocenters. The zero-order valence-electron chi connectivity index (χ0n) is 15.4. The molecule has 9 heteroatoms. The lowest BCUT2D eigenvalue weighted by molar-refractivity contribution is -0.136. The summed E-state index contributed by atoms with van der Waals surface area (Å²) in [6, 6.07) is 7.15. The summed E-state index contributed by atoms with van der Waals surface area (Å²) in [6.07, 6.45) is 1.53. The van der Waals surface area contributed by atoms with Gasteiger partial charge in [0.2, 0.25) is 0 Å². The zero-order chi connectivity index (χ0) is 20.3. The molecule has 0 saturated heterocycles. The minimum absolute atomic E-state index is 0.131. The molecule has 8 nitrogen and oxygen atoms in total. The van der Waals surface area contributed by atoms with Crippen LogP contribution in [-0.2, 0) is 22.6 Å². The number of amides is 1. The number of nitrogens with zero attached hydrogens (tertiary/aromatic N) is 2. The van der Waals surface area contributed by atoms with Gasteiger partial charge < -0.3 is 15.4 Å². The smallest absolute Gasteiger partial charge is 0.351 e. The number of hydrogen-bond donors (Lipinski definition) is 2. The average Bonchev–Trinajstić information content (AvgIpc) is 3.21. The van der Waals surface area contributed by atoms with Gasteiger partial charge in [-0.3, -0.25) is 14.2 Å². The van der Waals surface area contributed by atoms with Crippen LogP contribution >= 0.6 is 11.3 Å². The molecule has 0 saturated carbocycles. The molecule has 2 aromatic rings. The highest BCUT2D eigenvalue weighted by Crippen LogP contribution is 2.23. The van der Waals surface area contributed by atoms with Crippen LogP contribution in [0.25, 0.3) is 11.8 Å². The van der Waals surface area contributed by atoms with E-state index < -0.39 is 5.97 Å². The minimum atomic E-state index is -0.751. The van der Waals surface area contributed by atoms with E-state index in [9.17, 15) is 19.6 Å². The molecule has 0 spiro atoms. The topological polar surface area (TPSA) is 113 Å². The Labute approximate surface area is 164 Å². The van der Waals surface area contributed by atoms with Crippen LogP contribution in [0.1, 0.15) is 29.8 Å². The summed E-state index contributed by atoms with van der Waals surface area (Å²) in [7, 11) is 0. The van der Waals surface area contributed by atoms with Gasteiger partial charge in [-0.05, 0) is 26.0 Å². The maximum atomic E-state index is 12.7. The Hall–Kier alpha value is -3.38. The highest BCUT2D eigenvalue weighted by atomic mass is 32.1. The number of benzene rings is 1. The third kappa shape index (κ3) is 3.42. The SMILES string of the molecule is CCOC(=O)/C(C#N)=c1\s/c(=C\Nc2cccc3c2CNC3=O)c(=O)n1CC. The van der Waals surface area contributed by atoms with Crippen LogP contribution in [0.5, 0.6) is 0 Å². The number of thiazole rings is 1.